The van der Waals surface area contributed by atoms with E-state index in [2.05, 4.69) is 15.7 Å². The van der Waals surface area contributed by atoms with Crippen molar-refractivity contribution in [3.05, 3.63) is 24.0 Å². The van der Waals surface area contributed by atoms with E-state index in [1.165, 1.54) is 6.08 Å². The minimum atomic E-state index is -0.550. The van der Waals surface area contributed by atoms with Gasteiger partial charge in [-0.3, -0.25) is 9.48 Å². The Hall–Kier alpha value is -2.31. The van der Waals surface area contributed by atoms with Crippen molar-refractivity contribution in [1.29, 1.82) is 0 Å². The molecule has 2 amide bonds. The van der Waals surface area contributed by atoms with Crippen LogP contribution >= 0.6 is 0 Å². The Kier molecular flexibility index (Phi) is 7.05. The van der Waals surface area contributed by atoms with Gasteiger partial charge in [-0.2, -0.15) is 5.10 Å². The third-order valence-corrected chi connectivity index (χ3v) is 4.58. The Labute approximate surface area is 161 Å². The van der Waals surface area contributed by atoms with Crippen LogP contribution in [0, 0.1) is 0 Å². The molecule has 1 saturated carbocycles. The third kappa shape index (κ3) is 7.45. The van der Waals surface area contributed by atoms with E-state index in [1.807, 2.05) is 34.0 Å². The van der Waals surface area contributed by atoms with E-state index in [4.69, 9.17) is 4.74 Å². The lowest BCUT2D eigenvalue weighted by atomic mass is 9.90. The Bertz CT molecular complexity index is 665. The first-order valence-electron chi connectivity index (χ1n) is 9.63. The molecule has 1 heterocycles. The van der Waals surface area contributed by atoms with Crippen LogP contribution < -0.4 is 10.6 Å². The second-order valence-corrected chi connectivity index (χ2v) is 8.32. The lowest BCUT2D eigenvalue weighted by Crippen LogP contribution is -2.56. The number of hydrogen-bond donors (Lipinski definition) is 2. The van der Waals surface area contributed by atoms with Crippen molar-refractivity contribution in [2.75, 3.05) is 6.54 Å². The second kappa shape index (κ2) is 9.06. The molecule has 0 atom stereocenters. The van der Waals surface area contributed by atoms with Crippen molar-refractivity contribution in [3.63, 3.8) is 0 Å². The molecule has 1 aromatic heterocycles. The molecule has 1 aromatic rings. The highest BCUT2D eigenvalue weighted by Gasteiger charge is 2.34. The fourth-order valence-corrected chi connectivity index (χ4v) is 3.28. The van der Waals surface area contributed by atoms with Crippen molar-refractivity contribution in [1.82, 2.24) is 20.4 Å². The van der Waals surface area contributed by atoms with Gasteiger partial charge in [0.15, 0.2) is 0 Å². The van der Waals surface area contributed by atoms with E-state index in [0.29, 0.717) is 6.54 Å². The number of amides is 2. The molecule has 0 spiro atoms. The van der Waals surface area contributed by atoms with Crippen molar-refractivity contribution in [2.24, 2.45) is 7.05 Å². The Morgan fingerprint density at radius 3 is 2.48 bits per heavy atom. The highest BCUT2D eigenvalue weighted by atomic mass is 16.6. The van der Waals surface area contributed by atoms with Gasteiger partial charge in [-0.15, -0.1) is 0 Å². The van der Waals surface area contributed by atoms with Crippen LogP contribution in [0.1, 0.15) is 64.9 Å². The summed E-state index contributed by atoms with van der Waals surface area (Å²) in [5.74, 6) is -0.187. The van der Waals surface area contributed by atoms with Gasteiger partial charge in [0.2, 0.25) is 5.91 Å². The highest BCUT2D eigenvalue weighted by molar-refractivity contribution is 5.91. The minimum absolute atomic E-state index is 0.187. The summed E-state index contributed by atoms with van der Waals surface area (Å²) in [6, 6.07) is 0. The van der Waals surface area contributed by atoms with E-state index in [1.54, 1.807) is 17.0 Å². The van der Waals surface area contributed by atoms with Gasteiger partial charge < -0.3 is 15.4 Å². The number of aromatic nitrogens is 2. The summed E-state index contributed by atoms with van der Waals surface area (Å²) < 4.78 is 7.12. The predicted octanol–water partition coefficient (Wildman–Crippen LogP) is 3.17. The van der Waals surface area contributed by atoms with Crippen LogP contribution in [0.5, 0.6) is 0 Å². The molecular formula is C20H32N4O3. The number of ether oxygens (including phenoxy) is 1. The first-order chi connectivity index (χ1) is 12.7. The molecule has 150 valence electrons. The predicted molar refractivity (Wildman–Crippen MR) is 105 cm³/mol. The van der Waals surface area contributed by atoms with Crippen molar-refractivity contribution >= 4 is 18.1 Å². The number of nitrogens with zero attached hydrogens (tertiary/aromatic N) is 2. The van der Waals surface area contributed by atoms with Crippen LogP contribution in [-0.2, 0) is 16.6 Å². The molecule has 0 saturated heterocycles. The van der Waals surface area contributed by atoms with Crippen LogP contribution in [0.25, 0.3) is 6.08 Å². The summed E-state index contributed by atoms with van der Waals surface area (Å²) in [5.41, 5.74) is -0.147. The zero-order chi connectivity index (χ0) is 19.9. The normalized spacial score (nSPS) is 17.3. The summed E-state index contributed by atoms with van der Waals surface area (Å²) in [6.07, 6.45) is 12.3. The molecule has 0 unspecified atom stereocenters. The van der Waals surface area contributed by atoms with E-state index in [-0.39, 0.29) is 5.91 Å². The smallest absolute Gasteiger partial charge is 0.408 e. The maximum Gasteiger partial charge on any atom is 0.408 e. The van der Waals surface area contributed by atoms with Gasteiger partial charge in [0.1, 0.15) is 5.60 Å². The minimum Gasteiger partial charge on any atom is -0.444 e. The Morgan fingerprint density at radius 2 is 1.93 bits per heavy atom. The lowest BCUT2D eigenvalue weighted by Gasteiger charge is -2.35. The van der Waals surface area contributed by atoms with Crippen molar-refractivity contribution in [2.45, 2.75) is 70.4 Å². The number of rotatable bonds is 5. The quantitative estimate of drug-likeness (QED) is 0.611. The molecule has 1 aliphatic carbocycles. The van der Waals surface area contributed by atoms with Gasteiger partial charge in [-0.25, -0.2) is 4.79 Å². The first-order valence-corrected chi connectivity index (χ1v) is 9.63. The van der Waals surface area contributed by atoms with Gasteiger partial charge in [0.25, 0.3) is 0 Å². The standard InChI is InChI=1S/C20H32N4O3/c1-19(2,3)27-18(26)23-20(11-7-5-6-8-12-20)15-21-17(25)10-9-16-13-22-24(4)14-16/h9-10,13-14H,5-8,11-12,15H2,1-4H3,(H,21,25)(H,23,26). The average molecular weight is 377 g/mol. The topological polar surface area (TPSA) is 85.2 Å². The van der Waals surface area contributed by atoms with Gasteiger partial charge in [-0.05, 0) is 39.7 Å². The van der Waals surface area contributed by atoms with E-state index >= 15 is 0 Å². The number of alkyl carbamates (subject to hydrolysis) is 1. The average Bonchev–Trinajstić information content (AvgIpc) is 2.84. The lowest BCUT2D eigenvalue weighted by molar-refractivity contribution is -0.116. The molecule has 0 aliphatic heterocycles. The fourth-order valence-electron chi connectivity index (χ4n) is 3.28. The maximum absolute atomic E-state index is 12.3. The number of carbonyl (C=O) groups is 2. The zero-order valence-electron chi connectivity index (χ0n) is 16.9. The van der Waals surface area contributed by atoms with Crippen LogP contribution in [-0.4, -0.2) is 39.5 Å². The van der Waals surface area contributed by atoms with Gasteiger partial charge >= 0.3 is 6.09 Å². The Balaban J connectivity index is 1.97. The number of carbonyl (C=O) groups excluding carboxylic acids is 2. The SMILES string of the molecule is Cn1cc(C=CC(=O)NCC2(NC(=O)OC(C)(C)C)CCCCCC2)cn1. The largest absolute Gasteiger partial charge is 0.444 e. The molecule has 0 aromatic carbocycles. The highest BCUT2D eigenvalue weighted by Crippen LogP contribution is 2.27. The van der Waals surface area contributed by atoms with Crippen LogP contribution in [0.2, 0.25) is 0 Å². The third-order valence-electron chi connectivity index (χ3n) is 4.58. The Morgan fingerprint density at radius 1 is 1.26 bits per heavy atom. The molecule has 27 heavy (non-hydrogen) atoms. The van der Waals surface area contributed by atoms with E-state index in [0.717, 1.165) is 44.1 Å². The van der Waals surface area contributed by atoms with Crippen molar-refractivity contribution < 1.29 is 14.3 Å². The summed E-state index contributed by atoms with van der Waals surface area (Å²) in [4.78, 5) is 24.6. The maximum atomic E-state index is 12.3. The van der Waals surface area contributed by atoms with E-state index in [9.17, 15) is 9.59 Å². The monoisotopic (exact) mass is 376 g/mol. The van der Waals surface area contributed by atoms with Crippen LogP contribution in [0.4, 0.5) is 4.79 Å². The molecular weight excluding hydrogens is 344 g/mol. The molecule has 0 radical (unpaired) electrons. The molecule has 7 nitrogen and oxygen atoms in total. The molecule has 1 fully saturated rings. The van der Waals surface area contributed by atoms with E-state index < -0.39 is 17.2 Å². The molecule has 2 rings (SSSR count). The molecule has 2 N–H and O–H groups in total. The summed E-state index contributed by atoms with van der Waals surface area (Å²) in [7, 11) is 1.83. The summed E-state index contributed by atoms with van der Waals surface area (Å²) >= 11 is 0. The molecule has 1 aliphatic rings. The number of nitrogens with one attached hydrogen (secondary N) is 2. The second-order valence-electron chi connectivity index (χ2n) is 8.32. The summed E-state index contributed by atoms with van der Waals surface area (Å²) in [5, 5.41) is 10.1. The summed E-state index contributed by atoms with van der Waals surface area (Å²) in [6.45, 7) is 5.93. The van der Waals surface area contributed by atoms with Crippen molar-refractivity contribution in [3.8, 4) is 0 Å². The molecule has 0 bridgehead atoms. The number of aryl methyl sites for hydroxylation is 1. The van der Waals surface area contributed by atoms with Crippen LogP contribution in [0.3, 0.4) is 0 Å². The first kappa shape index (κ1) is 21.0. The zero-order valence-corrected chi connectivity index (χ0v) is 16.9. The van der Waals surface area contributed by atoms with Crippen LogP contribution in [0.15, 0.2) is 18.5 Å². The van der Waals surface area contributed by atoms with Gasteiger partial charge in [0, 0.05) is 31.4 Å². The van der Waals surface area contributed by atoms with Gasteiger partial charge in [0.05, 0.1) is 11.7 Å². The van der Waals surface area contributed by atoms with Gasteiger partial charge in [-0.1, -0.05) is 25.7 Å². The fraction of sp³-hybridized carbons (Fsp3) is 0.650. The molecule has 7 heteroatoms. The number of hydrogen-bond acceptors (Lipinski definition) is 4.